The monoisotopic (exact) mass is 252 g/mol. The molecule has 2 aliphatic carbocycles. The van der Waals surface area contributed by atoms with Crippen LogP contribution in [0.2, 0.25) is 0 Å². The van der Waals surface area contributed by atoms with Crippen LogP contribution in [-0.2, 0) is 0 Å². The van der Waals surface area contributed by atoms with Gasteiger partial charge in [-0.25, -0.2) is 9.78 Å². The Morgan fingerprint density at radius 1 is 1.41 bits per heavy atom. The number of carbonyl (C=O) groups is 1. The number of hydrogen-bond donors (Lipinski definition) is 1. The van der Waals surface area contributed by atoms with Gasteiger partial charge in [-0.05, 0) is 32.1 Å². The van der Waals surface area contributed by atoms with Crippen molar-refractivity contribution in [2.75, 3.05) is 11.9 Å². The second-order valence-electron chi connectivity index (χ2n) is 4.99. The summed E-state index contributed by atoms with van der Waals surface area (Å²) >= 11 is 1.34. The third-order valence-electron chi connectivity index (χ3n) is 3.72. The van der Waals surface area contributed by atoms with Gasteiger partial charge in [0, 0.05) is 19.0 Å². The zero-order valence-corrected chi connectivity index (χ0v) is 10.7. The first kappa shape index (κ1) is 11.0. The molecule has 0 spiro atoms. The Morgan fingerprint density at radius 3 is 2.59 bits per heavy atom. The number of nitrogens with zero attached hydrogens (tertiary/aromatic N) is 2. The molecule has 0 aliphatic heterocycles. The van der Waals surface area contributed by atoms with Gasteiger partial charge in [0.2, 0.25) is 0 Å². The first-order valence-corrected chi connectivity index (χ1v) is 6.95. The fourth-order valence-corrected chi connectivity index (χ4v) is 3.21. The van der Waals surface area contributed by atoms with E-state index in [2.05, 4.69) is 9.88 Å². The molecule has 0 amide bonds. The smallest absolute Gasteiger partial charge is 0.347 e. The van der Waals surface area contributed by atoms with Crippen LogP contribution in [-0.4, -0.2) is 29.1 Å². The van der Waals surface area contributed by atoms with E-state index in [1.54, 1.807) is 0 Å². The van der Waals surface area contributed by atoms with Gasteiger partial charge in [-0.3, -0.25) is 0 Å². The van der Waals surface area contributed by atoms with Gasteiger partial charge in [0.15, 0.2) is 5.13 Å². The molecule has 3 rings (SSSR count). The molecule has 4 nitrogen and oxygen atoms in total. The average Bonchev–Trinajstić information content (AvgIpc) is 2.94. The quantitative estimate of drug-likeness (QED) is 0.895. The zero-order valence-electron chi connectivity index (χ0n) is 9.85. The van der Waals surface area contributed by atoms with Gasteiger partial charge in [0.1, 0.15) is 4.88 Å². The van der Waals surface area contributed by atoms with Crippen LogP contribution in [0.15, 0.2) is 0 Å². The van der Waals surface area contributed by atoms with Gasteiger partial charge in [-0.2, -0.15) is 0 Å². The van der Waals surface area contributed by atoms with Gasteiger partial charge in [-0.1, -0.05) is 11.3 Å². The van der Waals surface area contributed by atoms with Gasteiger partial charge < -0.3 is 10.0 Å². The largest absolute Gasteiger partial charge is 0.477 e. The molecule has 17 heavy (non-hydrogen) atoms. The molecule has 2 fully saturated rings. The maximum Gasteiger partial charge on any atom is 0.347 e. The van der Waals surface area contributed by atoms with Crippen molar-refractivity contribution in [1.82, 2.24) is 4.98 Å². The van der Waals surface area contributed by atoms with E-state index in [0.717, 1.165) is 23.7 Å². The number of carboxylic acids is 1. The van der Waals surface area contributed by atoms with E-state index >= 15 is 0 Å². The summed E-state index contributed by atoms with van der Waals surface area (Å²) in [6, 6.07) is 0.565. The van der Waals surface area contributed by atoms with Crippen molar-refractivity contribution < 1.29 is 9.90 Å². The summed E-state index contributed by atoms with van der Waals surface area (Å²) in [5.41, 5.74) is 0.823. The highest BCUT2D eigenvalue weighted by Crippen LogP contribution is 2.44. The van der Waals surface area contributed by atoms with Crippen molar-refractivity contribution in [3.8, 4) is 0 Å². The van der Waals surface area contributed by atoms with Crippen molar-refractivity contribution in [1.29, 1.82) is 0 Å². The van der Waals surface area contributed by atoms with Crippen molar-refractivity contribution in [3.63, 3.8) is 0 Å². The Hall–Kier alpha value is -1.10. The lowest BCUT2D eigenvalue weighted by molar-refractivity contribution is 0.0700. The maximum atomic E-state index is 11.2. The zero-order chi connectivity index (χ0) is 12.0. The predicted molar refractivity (Wildman–Crippen MR) is 67.1 cm³/mol. The van der Waals surface area contributed by atoms with Crippen LogP contribution >= 0.6 is 11.3 Å². The van der Waals surface area contributed by atoms with Crippen molar-refractivity contribution in [3.05, 3.63) is 10.6 Å². The molecule has 0 saturated heterocycles. The minimum absolute atomic E-state index is 0.404. The lowest BCUT2D eigenvalue weighted by atomic mass is 9.92. The summed E-state index contributed by atoms with van der Waals surface area (Å²) in [5, 5.41) is 10.1. The first-order valence-electron chi connectivity index (χ1n) is 6.13. The topological polar surface area (TPSA) is 53.4 Å². The summed E-state index contributed by atoms with van der Waals surface area (Å²) in [7, 11) is 2.03. The van der Waals surface area contributed by atoms with Crippen LogP contribution < -0.4 is 4.90 Å². The average molecular weight is 252 g/mol. The Bertz CT molecular complexity index is 449. The highest BCUT2D eigenvalue weighted by atomic mass is 32.1. The molecule has 1 heterocycles. The van der Waals surface area contributed by atoms with Crippen LogP contribution in [0.5, 0.6) is 0 Å². The van der Waals surface area contributed by atoms with E-state index in [1.165, 1.54) is 30.6 Å². The predicted octanol–water partition coefficient (Wildman–Crippen LogP) is 2.71. The van der Waals surface area contributed by atoms with Crippen molar-refractivity contribution >= 4 is 22.4 Å². The molecule has 2 aliphatic rings. The summed E-state index contributed by atoms with van der Waals surface area (Å²) in [6.45, 7) is 0. The van der Waals surface area contributed by atoms with Crippen LogP contribution in [0.1, 0.15) is 53.4 Å². The van der Waals surface area contributed by atoms with E-state index in [9.17, 15) is 9.90 Å². The normalized spacial score (nSPS) is 20.1. The minimum atomic E-state index is -0.822. The molecule has 0 aromatic carbocycles. The molecule has 0 atom stereocenters. The van der Waals surface area contributed by atoms with Gasteiger partial charge >= 0.3 is 5.97 Å². The van der Waals surface area contributed by atoms with E-state index in [-0.39, 0.29) is 0 Å². The lowest BCUT2D eigenvalue weighted by Gasteiger charge is -2.34. The molecule has 1 aromatic heterocycles. The molecule has 2 saturated carbocycles. The Balaban J connectivity index is 1.89. The Kier molecular flexibility index (Phi) is 2.58. The molecule has 1 aromatic rings. The van der Waals surface area contributed by atoms with Gasteiger partial charge in [0.05, 0.1) is 5.69 Å². The lowest BCUT2D eigenvalue weighted by Crippen LogP contribution is -2.37. The number of rotatable bonds is 4. The van der Waals surface area contributed by atoms with Gasteiger partial charge in [-0.15, -0.1) is 0 Å². The van der Waals surface area contributed by atoms with Crippen LogP contribution in [0, 0.1) is 0 Å². The number of carboxylic acid groups (broad SMARTS) is 1. The summed E-state index contributed by atoms with van der Waals surface area (Å²) in [5.74, 6) is -0.418. The molecule has 92 valence electrons. The fraction of sp³-hybridized carbons (Fsp3) is 0.667. The highest BCUT2D eigenvalue weighted by Gasteiger charge is 2.34. The highest BCUT2D eigenvalue weighted by molar-refractivity contribution is 7.17. The number of aromatic carboxylic acids is 1. The van der Waals surface area contributed by atoms with E-state index < -0.39 is 5.97 Å². The summed E-state index contributed by atoms with van der Waals surface area (Å²) in [6.07, 6.45) is 5.88. The van der Waals surface area contributed by atoms with Gasteiger partial charge in [0.25, 0.3) is 0 Å². The number of aromatic nitrogens is 1. The molecule has 0 radical (unpaired) electrons. The standard InChI is InChI=1S/C12H16N2O2S/c1-14(8-3-2-4-8)12-13-9(7-5-6-7)10(17-12)11(15)16/h7-8H,2-6H2,1H3,(H,15,16). The minimum Gasteiger partial charge on any atom is -0.477 e. The first-order chi connectivity index (χ1) is 8.16. The molecule has 0 unspecified atom stereocenters. The maximum absolute atomic E-state index is 11.2. The second kappa shape index (κ2) is 3.98. The number of thiazole rings is 1. The summed E-state index contributed by atoms with van der Waals surface area (Å²) in [4.78, 5) is 18.4. The third-order valence-corrected chi connectivity index (χ3v) is 4.87. The van der Waals surface area contributed by atoms with Crippen molar-refractivity contribution in [2.24, 2.45) is 0 Å². The number of hydrogen-bond acceptors (Lipinski definition) is 4. The molecule has 1 N–H and O–H groups in total. The van der Waals surface area contributed by atoms with E-state index in [1.807, 2.05) is 7.05 Å². The molecule has 5 heteroatoms. The van der Waals surface area contributed by atoms with Crippen LogP contribution in [0.3, 0.4) is 0 Å². The van der Waals surface area contributed by atoms with E-state index in [0.29, 0.717) is 16.8 Å². The number of anilines is 1. The third kappa shape index (κ3) is 1.92. The summed E-state index contributed by atoms with van der Waals surface area (Å²) < 4.78 is 0. The Morgan fingerprint density at radius 2 is 2.12 bits per heavy atom. The molecular weight excluding hydrogens is 236 g/mol. The van der Waals surface area contributed by atoms with Crippen LogP contribution in [0.4, 0.5) is 5.13 Å². The SMILES string of the molecule is CN(c1nc(C2CC2)c(C(=O)O)s1)C1CCC1. The van der Waals surface area contributed by atoms with E-state index in [4.69, 9.17) is 0 Å². The Labute approximate surface area is 104 Å². The fourth-order valence-electron chi connectivity index (χ4n) is 2.19. The second-order valence-corrected chi connectivity index (χ2v) is 5.96. The molecule has 0 bridgehead atoms. The van der Waals surface area contributed by atoms with Crippen LogP contribution in [0.25, 0.3) is 0 Å². The molecular formula is C12H16N2O2S. The van der Waals surface area contributed by atoms with Crippen molar-refractivity contribution in [2.45, 2.75) is 44.1 Å².